The van der Waals surface area contributed by atoms with E-state index >= 15 is 0 Å². The molecule has 2 aromatic carbocycles. The second-order valence-corrected chi connectivity index (χ2v) is 5.87. The first kappa shape index (κ1) is 16.3. The third-order valence-corrected chi connectivity index (χ3v) is 3.69. The highest BCUT2D eigenvalue weighted by atomic mass is 79.9. The molecule has 1 N–H and O–H groups in total. The van der Waals surface area contributed by atoms with Crippen molar-refractivity contribution in [1.82, 2.24) is 0 Å². The van der Waals surface area contributed by atoms with Gasteiger partial charge >= 0.3 is 6.61 Å². The van der Waals surface area contributed by atoms with E-state index in [0.29, 0.717) is 21.3 Å². The van der Waals surface area contributed by atoms with Crippen molar-refractivity contribution in [1.29, 1.82) is 0 Å². The van der Waals surface area contributed by atoms with E-state index in [1.165, 1.54) is 12.1 Å². The number of halogens is 5. The van der Waals surface area contributed by atoms with Crippen LogP contribution in [0, 0.1) is 0 Å². The zero-order valence-electron chi connectivity index (χ0n) is 10.5. The lowest BCUT2D eigenvalue weighted by atomic mass is 10.2. The Balaban J connectivity index is 2.18. The second-order valence-electron chi connectivity index (χ2n) is 4.11. The zero-order chi connectivity index (χ0) is 15.4. The summed E-state index contributed by atoms with van der Waals surface area (Å²) in [5.74, 6) is 0.0769. The topological polar surface area (TPSA) is 21.3 Å². The van der Waals surface area contributed by atoms with Crippen LogP contribution in [0.2, 0.25) is 10.0 Å². The molecule has 0 bridgehead atoms. The van der Waals surface area contributed by atoms with E-state index < -0.39 is 6.61 Å². The fourth-order valence-electron chi connectivity index (χ4n) is 1.72. The van der Waals surface area contributed by atoms with Gasteiger partial charge in [-0.3, -0.25) is 0 Å². The van der Waals surface area contributed by atoms with E-state index in [2.05, 4.69) is 26.0 Å². The molecule has 0 fully saturated rings. The summed E-state index contributed by atoms with van der Waals surface area (Å²) < 4.78 is 30.1. The molecule has 0 radical (unpaired) electrons. The molecule has 0 spiro atoms. The molecule has 2 nitrogen and oxygen atoms in total. The Hall–Kier alpha value is -1.04. The molecule has 21 heavy (non-hydrogen) atoms. The van der Waals surface area contributed by atoms with Gasteiger partial charge in [0.15, 0.2) is 0 Å². The molecule has 112 valence electrons. The molecule has 0 aliphatic rings. The van der Waals surface area contributed by atoms with Gasteiger partial charge in [0.2, 0.25) is 0 Å². The van der Waals surface area contributed by atoms with E-state index in [1.807, 2.05) is 0 Å². The number of alkyl halides is 2. The quantitative estimate of drug-likeness (QED) is 0.672. The molecule has 7 heteroatoms. The smallest absolute Gasteiger partial charge is 0.387 e. The minimum absolute atomic E-state index is 0.0769. The molecule has 0 saturated carbocycles. The summed E-state index contributed by atoms with van der Waals surface area (Å²) in [7, 11) is 0. The van der Waals surface area contributed by atoms with Gasteiger partial charge in [-0.25, -0.2) is 0 Å². The standard InChI is InChI=1S/C14H10BrCl2F2NO/c15-9-1-3-11(17)12(6-9)20-7-8-5-10(16)2-4-13(8)21-14(18)19/h1-6,14,20H,7H2. The summed E-state index contributed by atoms with van der Waals surface area (Å²) in [5.41, 5.74) is 1.19. The van der Waals surface area contributed by atoms with Gasteiger partial charge in [-0.2, -0.15) is 8.78 Å². The van der Waals surface area contributed by atoms with Crippen LogP contribution in [0.4, 0.5) is 14.5 Å². The van der Waals surface area contributed by atoms with E-state index in [1.54, 1.807) is 24.3 Å². The van der Waals surface area contributed by atoms with Crippen LogP contribution in [0.5, 0.6) is 5.75 Å². The van der Waals surface area contributed by atoms with Crippen molar-refractivity contribution >= 4 is 44.8 Å². The van der Waals surface area contributed by atoms with Crippen LogP contribution in [0.15, 0.2) is 40.9 Å². The molecule has 0 aromatic heterocycles. The van der Waals surface area contributed by atoms with Crippen LogP contribution >= 0.6 is 39.1 Å². The molecule has 0 aliphatic heterocycles. The molecular weight excluding hydrogens is 387 g/mol. The molecule has 0 amide bonds. The van der Waals surface area contributed by atoms with Gasteiger partial charge in [0.25, 0.3) is 0 Å². The lowest BCUT2D eigenvalue weighted by Gasteiger charge is -2.13. The van der Waals surface area contributed by atoms with Crippen LogP contribution in [0.3, 0.4) is 0 Å². The molecule has 0 heterocycles. The fraction of sp³-hybridized carbons (Fsp3) is 0.143. The fourth-order valence-corrected chi connectivity index (χ4v) is 2.46. The van der Waals surface area contributed by atoms with Gasteiger partial charge < -0.3 is 10.1 Å². The predicted molar refractivity (Wildman–Crippen MR) is 84.6 cm³/mol. The largest absolute Gasteiger partial charge is 0.434 e. The molecule has 2 aromatic rings. The second kappa shape index (κ2) is 7.29. The Labute approximate surface area is 139 Å². The number of hydrogen-bond donors (Lipinski definition) is 1. The van der Waals surface area contributed by atoms with Gasteiger partial charge in [-0.1, -0.05) is 39.1 Å². The zero-order valence-corrected chi connectivity index (χ0v) is 13.6. The van der Waals surface area contributed by atoms with Crippen molar-refractivity contribution in [3.63, 3.8) is 0 Å². The number of rotatable bonds is 5. The summed E-state index contributed by atoms with van der Waals surface area (Å²) in [6.45, 7) is -2.64. The van der Waals surface area contributed by atoms with Crippen molar-refractivity contribution in [3.8, 4) is 5.75 Å². The number of anilines is 1. The van der Waals surface area contributed by atoms with Gasteiger partial charge in [0.05, 0.1) is 10.7 Å². The Bertz CT molecular complexity index is 640. The summed E-state index contributed by atoms with van der Waals surface area (Å²) in [5, 5.41) is 4.03. The maximum Gasteiger partial charge on any atom is 0.387 e. The highest BCUT2D eigenvalue weighted by Crippen LogP contribution is 2.29. The first-order valence-corrected chi connectivity index (χ1v) is 7.43. The van der Waals surface area contributed by atoms with Crippen LogP contribution < -0.4 is 10.1 Å². The van der Waals surface area contributed by atoms with Gasteiger partial charge in [-0.05, 0) is 36.4 Å². The summed E-state index contributed by atoms with van der Waals surface area (Å²) in [4.78, 5) is 0. The van der Waals surface area contributed by atoms with E-state index in [0.717, 1.165) is 4.47 Å². The van der Waals surface area contributed by atoms with Gasteiger partial charge in [-0.15, -0.1) is 0 Å². The van der Waals surface area contributed by atoms with Crippen molar-refractivity contribution < 1.29 is 13.5 Å². The van der Waals surface area contributed by atoms with E-state index in [4.69, 9.17) is 23.2 Å². The normalized spacial score (nSPS) is 10.8. The van der Waals surface area contributed by atoms with Gasteiger partial charge in [0, 0.05) is 21.6 Å². The highest BCUT2D eigenvalue weighted by molar-refractivity contribution is 9.10. The maximum atomic E-state index is 12.4. The van der Waals surface area contributed by atoms with Crippen LogP contribution in [0.25, 0.3) is 0 Å². The first-order valence-electron chi connectivity index (χ1n) is 5.88. The van der Waals surface area contributed by atoms with Crippen molar-refractivity contribution in [2.24, 2.45) is 0 Å². The lowest BCUT2D eigenvalue weighted by Crippen LogP contribution is -2.07. The summed E-state index contributed by atoms with van der Waals surface area (Å²) in [6.07, 6.45) is 0. The SMILES string of the molecule is FC(F)Oc1ccc(Cl)cc1CNc1cc(Br)ccc1Cl. The maximum absolute atomic E-state index is 12.4. The Morgan fingerprint density at radius 2 is 1.90 bits per heavy atom. The third-order valence-electron chi connectivity index (χ3n) is 2.64. The highest BCUT2D eigenvalue weighted by Gasteiger charge is 2.11. The Morgan fingerprint density at radius 1 is 1.14 bits per heavy atom. The van der Waals surface area contributed by atoms with E-state index in [9.17, 15) is 8.78 Å². The molecule has 0 saturated heterocycles. The Morgan fingerprint density at radius 3 is 2.62 bits per heavy atom. The number of nitrogens with one attached hydrogen (secondary N) is 1. The molecule has 0 aliphatic carbocycles. The molecule has 0 atom stereocenters. The molecule has 2 rings (SSSR count). The first-order chi connectivity index (χ1) is 9.95. The summed E-state index contributed by atoms with van der Waals surface area (Å²) >= 11 is 15.3. The van der Waals surface area contributed by atoms with Crippen molar-refractivity contribution in [2.75, 3.05) is 5.32 Å². The Kier molecular flexibility index (Phi) is 5.67. The van der Waals surface area contributed by atoms with Crippen molar-refractivity contribution in [2.45, 2.75) is 13.2 Å². The average molecular weight is 397 g/mol. The number of hydrogen-bond acceptors (Lipinski definition) is 2. The van der Waals surface area contributed by atoms with Crippen LogP contribution in [-0.2, 0) is 6.54 Å². The van der Waals surface area contributed by atoms with Crippen LogP contribution in [0.1, 0.15) is 5.56 Å². The predicted octanol–water partition coefficient (Wildman–Crippen LogP) is 5.97. The summed E-state index contributed by atoms with van der Waals surface area (Å²) in [6, 6.07) is 9.79. The van der Waals surface area contributed by atoms with Crippen LogP contribution in [-0.4, -0.2) is 6.61 Å². The number of benzene rings is 2. The van der Waals surface area contributed by atoms with E-state index in [-0.39, 0.29) is 12.3 Å². The van der Waals surface area contributed by atoms with Gasteiger partial charge in [0.1, 0.15) is 5.75 Å². The monoisotopic (exact) mass is 395 g/mol. The lowest BCUT2D eigenvalue weighted by molar-refractivity contribution is -0.0504. The minimum Gasteiger partial charge on any atom is -0.434 e. The molecular formula is C14H10BrCl2F2NO. The number of ether oxygens (including phenoxy) is 1. The van der Waals surface area contributed by atoms with Crippen molar-refractivity contribution in [3.05, 3.63) is 56.5 Å². The third kappa shape index (κ3) is 4.73. The minimum atomic E-state index is -2.89. The average Bonchev–Trinajstić information content (AvgIpc) is 2.42. The molecule has 0 unspecified atom stereocenters.